The molecule has 0 aromatic rings. The SMILES string of the molecule is COC(=O)C1C2OC3C(OC(=O)C31)C2OC(=O)CO. The molecule has 6 unspecified atom stereocenters. The molecule has 19 heavy (non-hydrogen) atoms. The van der Waals surface area contributed by atoms with Gasteiger partial charge >= 0.3 is 17.9 Å². The van der Waals surface area contributed by atoms with Crippen molar-refractivity contribution >= 4 is 17.9 Å². The molecule has 0 spiro atoms. The maximum atomic E-state index is 11.7. The van der Waals surface area contributed by atoms with Gasteiger partial charge in [-0.25, -0.2) is 4.79 Å². The minimum absolute atomic E-state index is 0.546. The summed E-state index contributed by atoms with van der Waals surface area (Å²) in [5.74, 6) is -3.54. The Morgan fingerprint density at radius 2 is 2.05 bits per heavy atom. The number of rotatable bonds is 3. The molecule has 1 N–H and O–H groups in total. The van der Waals surface area contributed by atoms with Gasteiger partial charge in [-0.2, -0.15) is 0 Å². The molecule has 3 fully saturated rings. The molecule has 104 valence electrons. The van der Waals surface area contributed by atoms with E-state index in [0.29, 0.717) is 0 Å². The van der Waals surface area contributed by atoms with E-state index in [1.807, 2.05) is 0 Å². The van der Waals surface area contributed by atoms with Crippen molar-refractivity contribution in [2.45, 2.75) is 24.4 Å². The minimum Gasteiger partial charge on any atom is -0.469 e. The van der Waals surface area contributed by atoms with Gasteiger partial charge in [0.1, 0.15) is 30.7 Å². The van der Waals surface area contributed by atoms with Crippen molar-refractivity contribution < 1.29 is 38.4 Å². The number of hydrogen-bond acceptors (Lipinski definition) is 8. The number of hydrogen-bond donors (Lipinski definition) is 1. The van der Waals surface area contributed by atoms with Gasteiger partial charge in [-0.05, 0) is 0 Å². The second-order valence-electron chi connectivity index (χ2n) is 4.65. The standard InChI is InChI=1S/C11H12O8/c1-16-10(14)4-5-7-9(19-11(5)15)8(6(4)18-7)17-3(13)2-12/h4-9,12H,2H2,1H3. The normalized spacial score (nSPS) is 42.1. The van der Waals surface area contributed by atoms with Crippen LogP contribution in [-0.2, 0) is 33.3 Å². The van der Waals surface area contributed by atoms with Crippen LogP contribution in [0.4, 0.5) is 0 Å². The third-order valence-corrected chi connectivity index (χ3v) is 3.77. The van der Waals surface area contributed by atoms with Crippen molar-refractivity contribution in [3.63, 3.8) is 0 Å². The lowest BCUT2D eigenvalue weighted by Gasteiger charge is -2.26. The van der Waals surface area contributed by atoms with E-state index >= 15 is 0 Å². The molecular formula is C11H12O8. The first-order chi connectivity index (χ1) is 9.08. The molecule has 6 atom stereocenters. The average molecular weight is 272 g/mol. The molecule has 3 rings (SSSR count). The molecule has 3 heterocycles. The molecule has 0 aliphatic carbocycles. The summed E-state index contributed by atoms with van der Waals surface area (Å²) in [6.45, 7) is -0.791. The van der Waals surface area contributed by atoms with Crippen LogP contribution in [0.1, 0.15) is 0 Å². The molecule has 0 aromatic carbocycles. The van der Waals surface area contributed by atoms with Crippen LogP contribution < -0.4 is 0 Å². The fourth-order valence-corrected chi connectivity index (χ4v) is 3.06. The monoisotopic (exact) mass is 272 g/mol. The first-order valence-corrected chi connectivity index (χ1v) is 5.82. The van der Waals surface area contributed by atoms with Crippen LogP contribution in [0.15, 0.2) is 0 Å². The Morgan fingerprint density at radius 1 is 1.32 bits per heavy atom. The number of carbonyl (C=O) groups excluding carboxylic acids is 3. The Morgan fingerprint density at radius 3 is 2.68 bits per heavy atom. The third kappa shape index (κ3) is 1.56. The number of methoxy groups -OCH3 is 1. The second-order valence-corrected chi connectivity index (χ2v) is 4.65. The van der Waals surface area contributed by atoms with Crippen molar-refractivity contribution in [1.82, 2.24) is 0 Å². The van der Waals surface area contributed by atoms with Crippen molar-refractivity contribution in [2.75, 3.05) is 13.7 Å². The van der Waals surface area contributed by atoms with E-state index < -0.39 is 60.8 Å². The summed E-state index contributed by atoms with van der Waals surface area (Å²) in [4.78, 5) is 34.6. The molecule has 3 aliphatic rings. The maximum absolute atomic E-state index is 11.7. The number of aliphatic hydroxyl groups is 1. The lowest BCUT2D eigenvalue weighted by Crippen LogP contribution is -2.48. The quantitative estimate of drug-likeness (QED) is 0.464. The van der Waals surface area contributed by atoms with Crippen molar-refractivity contribution in [3.05, 3.63) is 0 Å². The molecule has 8 nitrogen and oxygen atoms in total. The zero-order valence-electron chi connectivity index (χ0n) is 9.98. The first kappa shape index (κ1) is 12.4. The molecule has 0 saturated carbocycles. The number of esters is 3. The van der Waals surface area contributed by atoms with Gasteiger partial charge < -0.3 is 24.1 Å². The number of carbonyl (C=O) groups is 3. The second kappa shape index (κ2) is 4.17. The zero-order valence-corrected chi connectivity index (χ0v) is 9.98. The number of fused-ring (bicyclic) bond motifs is 1. The van der Waals surface area contributed by atoms with Gasteiger partial charge in [-0.1, -0.05) is 0 Å². The summed E-state index contributed by atoms with van der Waals surface area (Å²) in [6, 6.07) is 0. The molecule has 2 bridgehead atoms. The van der Waals surface area contributed by atoms with Crippen LogP contribution in [-0.4, -0.2) is 61.1 Å². The van der Waals surface area contributed by atoms with Crippen LogP contribution >= 0.6 is 0 Å². The van der Waals surface area contributed by atoms with Gasteiger partial charge in [0.15, 0.2) is 12.2 Å². The Bertz CT molecular complexity index is 446. The summed E-state index contributed by atoms with van der Waals surface area (Å²) < 4.78 is 20.3. The van der Waals surface area contributed by atoms with Gasteiger partial charge in [-0.3, -0.25) is 9.59 Å². The maximum Gasteiger partial charge on any atom is 0.332 e. The number of aliphatic hydroxyl groups excluding tert-OH is 1. The summed E-state index contributed by atoms with van der Waals surface area (Å²) in [5, 5.41) is 8.69. The molecule has 3 saturated heterocycles. The Balaban J connectivity index is 1.88. The third-order valence-electron chi connectivity index (χ3n) is 3.77. The molecule has 0 radical (unpaired) electrons. The predicted molar refractivity (Wildman–Crippen MR) is 54.5 cm³/mol. The van der Waals surface area contributed by atoms with Crippen LogP contribution in [0.25, 0.3) is 0 Å². The van der Waals surface area contributed by atoms with Crippen molar-refractivity contribution in [3.8, 4) is 0 Å². The van der Waals surface area contributed by atoms with E-state index in [9.17, 15) is 14.4 Å². The largest absolute Gasteiger partial charge is 0.469 e. The van der Waals surface area contributed by atoms with E-state index in [1.165, 1.54) is 7.11 Å². The number of ether oxygens (including phenoxy) is 4. The summed E-state index contributed by atoms with van der Waals surface area (Å²) in [5.41, 5.74) is 0. The first-order valence-electron chi connectivity index (χ1n) is 5.82. The van der Waals surface area contributed by atoms with Crippen molar-refractivity contribution in [1.29, 1.82) is 0 Å². The smallest absolute Gasteiger partial charge is 0.332 e. The van der Waals surface area contributed by atoms with Crippen LogP contribution in [0.2, 0.25) is 0 Å². The highest BCUT2D eigenvalue weighted by Gasteiger charge is 2.71. The van der Waals surface area contributed by atoms with Gasteiger partial charge in [0, 0.05) is 0 Å². The topological polar surface area (TPSA) is 108 Å². The highest BCUT2D eigenvalue weighted by atomic mass is 16.7. The minimum atomic E-state index is -0.878. The lowest BCUT2D eigenvalue weighted by molar-refractivity contribution is -0.165. The molecule has 0 amide bonds. The van der Waals surface area contributed by atoms with Gasteiger partial charge in [0.2, 0.25) is 0 Å². The van der Waals surface area contributed by atoms with Gasteiger partial charge in [-0.15, -0.1) is 0 Å². The van der Waals surface area contributed by atoms with E-state index in [4.69, 9.17) is 19.3 Å². The molecule has 8 heteroatoms. The fraction of sp³-hybridized carbons (Fsp3) is 0.727. The Hall–Kier alpha value is -1.67. The summed E-state index contributed by atoms with van der Waals surface area (Å²) in [7, 11) is 1.21. The van der Waals surface area contributed by atoms with Crippen LogP contribution in [0.5, 0.6) is 0 Å². The Kier molecular flexibility index (Phi) is 2.72. The molecule has 3 aliphatic heterocycles. The zero-order chi connectivity index (χ0) is 13.7. The van der Waals surface area contributed by atoms with E-state index in [1.54, 1.807) is 0 Å². The average Bonchev–Trinajstić information content (AvgIpc) is 3.00. The molecule has 0 aromatic heterocycles. The highest BCUT2D eigenvalue weighted by molar-refractivity contribution is 5.86. The van der Waals surface area contributed by atoms with Gasteiger partial charge in [0.25, 0.3) is 0 Å². The fourth-order valence-electron chi connectivity index (χ4n) is 3.06. The van der Waals surface area contributed by atoms with Crippen LogP contribution in [0, 0.1) is 11.8 Å². The van der Waals surface area contributed by atoms with Crippen molar-refractivity contribution in [2.24, 2.45) is 11.8 Å². The molecular weight excluding hydrogens is 260 g/mol. The van der Waals surface area contributed by atoms with E-state index in [2.05, 4.69) is 4.74 Å². The summed E-state index contributed by atoms with van der Waals surface area (Å²) >= 11 is 0. The van der Waals surface area contributed by atoms with E-state index in [0.717, 1.165) is 0 Å². The summed E-state index contributed by atoms with van der Waals surface area (Å²) in [6.07, 6.45) is -2.96. The van der Waals surface area contributed by atoms with E-state index in [-0.39, 0.29) is 0 Å². The highest BCUT2D eigenvalue weighted by Crippen LogP contribution is 2.51. The van der Waals surface area contributed by atoms with Crippen LogP contribution in [0.3, 0.4) is 0 Å². The Labute approximate surface area is 107 Å². The predicted octanol–water partition coefficient (Wildman–Crippen LogP) is -2.00. The van der Waals surface area contributed by atoms with Gasteiger partial charge in [0.05, 0.1) is 7.11 Å². The lowest BCUT2D eigenvalue weighted by atomic mass is 9.78.